The lowest BCUT2D eigenvalue weighted by molar-refractivity contribution is 0.0988. The summed E-state index contributed by atoms with van der Waals surface area (Å²) in [4.78, 5) is 31.3. The van der Waals surface area contributed by atoms with Gasteiger partial charge in [-0.25, -0.2) is 14.3 Å². The zero-order chi connectivity index (χ0) is 16.0. The van der Waals surface area contributed by atoms with Crippen LogP contribution < -0.4 is 10.6 Å². The van der Waals surface area contributed by atoms with Gasteiger partial charge in [0.1, 0.15) is 0 Å². The van der Waals surface area contributed by atoms with E-state index in [4.69, 9.17) is 5.73 Å². The van der Waals surface area contributed by atoms with Gasteiger partial charge in [0.15, 0.2) is 5.82 Å². The van der Waals surface area contributed by atoms with Crippen LogP contribution in [0.2, 0.25) is 0 Å². The average molecular weight is 302 g/mol. The zero-order valence-electron chi connectivity index (χ0n) is 12.8. The standard InChI is InChI=1S/C14H18N6O2/c1-8(2)18-4-5-19(14(18)22)11-6-9(3)10-7-16-13(12(15)21)20(10)17-11/h6-8H,4-5H2,1-3H3,(H2,15,21). The highest BCUT2D eigenvalue weighted by Crippen LogP contribution is 2.22. The third-order valence-corrected chi connectivity index (χ3v) is 3.85. The molecule has 8 nitrogen and oxygen atoms in total. The quantitative estimate of drug-likeness (QED) is 0.906. The Morgan fingerprint density at radius 1 is 1.36 bits per heavy atom. The Labute approximate surface area is 127 Å². The fourth-order valence-corrected chi connectivity index (χ4v) is 2.66. The molecule has 1 aliphatic rings. The van der Waals surface area contributed by atoms with E-state index in [0.29, 0.717) is 24.4 Å². The molecule has 0 bridgehead atoms. The normalized spacial score (nSPS) is 15.4. The van der Waals surface area contributed by atoms with Gasteiger partial charge in [0.05, 0.1) is 11.7 Å². The van der Waals surface area contributed by atoms with Gasteiger partial charge in [0.25, 0.3) is 5.91 Å². The van der Waals surface area contributed by atoms with Crippen molar-refractivity contribution < 1.29 is 9.59 Å². The molecule has 1 saturated heterocycles. The van der Waals surface area contributed by atoms with Crippen molar-refractivity contribution in [2.24, 2.45) is 5.73 Å². The molecule has 3 amide bonds. The summed E-state index contributed by atoms with van der Waals surface area (Å²) in [5.41, 5.74) is 6.89. The molecule has 0 aromatic carbocycles. The van der Waals surface area contributed by atoms with Gasteiger partial charge in [-0.15, -0.1) is 5.10 Å². The summed E-state index contributed by atoms with van der Waals surface area (Å²) in [5.74, 6) is -0.0911. The molecular weight excluding hydrogens is 284 g/mol. The molecule has 0 spiro atoms. The summed E-state index contributed by atoms with van der Waals surface area (Å²) in [5, 5.41) is 4.38. The molecule has 0 saturated carbocycles. The number of nitrogens with two attached hydrogens (primary N) is 1. The van der Waals surface area contributed by atoms with Crippen LogP contribution in [0.1, 0.15) is 30.0 Å². The summed E-state index contributed by atoms with van der Waals surface area (Å²) < 4.78 is 1.40. The van der Waals surface area contributed by atoms with Crippen LogP contribution in [0, 0.1) is 6.92 Å². The second kappa shape index (κ2) is 4.97. The predicted octanol–water partition coefficient (Wildman–Crippen LogP) is 0.787. The molecule has 2 aromatic rings. The van der Waals surface area contributed by atoms with Gasteiger partial charge in [0.2, 0.25) is 5.82 Å². The predicted molar refractivity (Wildman–Crippen MR) is 80.8 cm³/mol. The van der Waals surface area contributed by atoms with Crippen molar-refractivity contribution in [1.82, 2.24) is 19.5 Å². The van der Waals surface area contributed by atoms with Gasteiger partial charge in [-0.05, 0) is 32.4 Å². The molecular formula is C14H18N6O2. The van der Waals surface area contributed by atoms with E-state index in [-0.39, 0.29) is 17.9 Å². The highest BCUT2D eigenvalue weighted by atomic mass is 16.2. The minimum atomic E-state index is -0.652. The van der Waals surface area contributed by atoms with E-state index in [1.54, 1.807) is 16.0 Å². The number of anilines is 1. The van der Waals surface area contributed by atoms with Crippen LogP contribution in [0.5, 0.6) is 0 Å². The van der Waals surface area contributed by atoms with Crippen LogP contribution in [-0.2, 0) is 0 Å². The van der Waals surface area contributed by atoms with Gasteiger partial charge in [-0.3, -0.25) is 9.69 Å². The van der Waals surface area contributed by atoms with E-state index >= 15 is 0 Å². The average Bonchev–Trinajstić information content (AvgIpc) is 3.02. The molecule has 22 heavy (non-hydrogen) atoms. The fourth-order valence-electron chi connectivity index (χ4n) is 2.66. The number of fused-ring (bicyclic) bond motifs is 1. The topological polar surface area (TPSA) is 96.8 Å². The van der Waals surface area contributed by atoms with E-state index in [1.807, 2.05) is 26.8 Å². The fraction of sp³-hybridized carbons (Fsp3) is 0.429. The van der Waals surface area contributed by atoms with E-state index in [1.165, 1.54) is 4.52 Å². The second-order valence-electron chi connectivity index (χ2n) is 5.65. The first-order valence-electron chi connectivity index (χ1n) is 7.13. The van der Waals surface area contributed by atoms with E-state index in [0.717, 1.165) is 5.56 Å². The number of imidazole rings is 1. The van der Waals surface area contributed by atoms with Gasteiger partial charge in [-0.2, -0.15) is 0 Å². The van der Waals surface area contributed by atoms with Gasteiger partial charge in [0, 0.05) is 19.1 Å². The molecule has 0 atom stereocenters. The summed E-state index contributed by atoms with van der Waals surface area (Å²) in [6.45, 7) is 7.06. The van der Waals surface area contributed by atoms with Crippen LogP contribution in [0.4, 0.5) is 10.6 Å². The number of hydrogen-bond acceptors (Lipinski definition) is 4. The van der Waals surface area contributed by atoms with Crippen molar-refractivity contribution in [3.63, 3.8) is 0 Å². The Morgan fingerprint density at radius 3 is 2.68 bits per heavy atom. The Balaban J connectivity index is 2.07. The number of aryl methyl sites for hydroxylation is 1. The van der Waals surface area contributed by atoms with Crippen LogP contribution in [0.25, 0.3) is 5.52 Å². The summed E-state index contributed by atoms with van der Waals surface area (Å²) in [6, 6.07) is 1.88. The minimum Gasteiger partial charge on any atom is -0.363 e. The number of hydrogen-bond donors (Lipinski definition) is 1. The van der Waals surface area contributed by atoms with Crippen molar-refractivity contribution in [2.75, 3.05) is 18.0 Å². The minimum absolute atomic E-state index is 0.0623. The Kier molecular flexibility index (Phi) is 3.23. The second-order valence-corrected chi connectivity index (χ2v) is 5.65. The molecule has 0 radical (unpaired) electrons. The highest BCUT2D eigenvalue weighted by molar-refractivity contribution is 5.94. The SMILES string of the molecule is Cc1cc(N2CCN(C(C)C)C2=O)nn2c(C(N)=O)ncc12. The lowest BCUT2D eigenvalue weighted by Gasteiger charge is -2.21. The molecule has 2 aromatic heterocycles. The van der Waals surface area contributed by atoms with Crippen LogP contribution in [0.15, 0.2) is 12.3 Å². The third kappa shape index (κ3) is 2.07. The van der Waals surface area contributed by atoms with Crippen LogP contribution in [-0.4, -0.2) is 50.6 Å². The zero-order valence-corrected chi connectivity index (χ0v) is 12.8. The maximum atomic E-state index is 12.4. The summed E-state index contributed by atoms with van der Waals surface area (Å²) in [7, 11) is 0. The first-order chi connectivity index (χ1) is 10.4. The van der Waals surface area contributed by atoms with Crippen molar-refractivity contribution in [3.8, 4) is 0 Å². The first-order valence-corrected chi connectivity index (χ1v) is 7.13. The number of carbonyl (C=O) groups excluding carboxylic acids is 2. The molecule has 1 fully saturated rings. The number of nitrogens with zero attached hydrogens (tertiary/aromatic N) is 5. The molecule has 116 valence electrons. The third-order valence-electron chi connectivity index (χ3n) is 3.85. The molecule has 0 unspecified atom stereocenters. The maximum Gasteiger partial charge on any atom is 0.326 e. The number of rotatable bonds is 3. The Hall–Kier alpha value is -2.64. The molecule has 3 heterocycles. The molecule has 0 aliphatic carbocycles. The monoisotopic (exact) mass is 302 g/mol. The number of amides is 3. The molecule has 8 heteroatoms. The van der Waals surface area contributed by atoms with Crippen molar-refractivity contribution in [2.45, 2.75) is 26.8 Å². The smallest absolute Gasteiger partial charge is 0.326 e. The van der Waals surface area contributed by atoms with E-state index < -0.39 is 5.91 Å². The molecule has 3 rings (SSSR count). The largest absolute Gasteiger partial charge is 0.363 e. The summed E-state index contributed by atoms with van der Waals surface area (Å²) in [6.07, 6.45) is 1.55. The molecule has 2 N–H and O–H groups in total. The van der Waals surface area contributed by atoms with E-state index in [2.05, 4.69) is 10.1 Å². The number of urea groups is 1. The number of carbonyl (C=O) groups is 2. The Morgan fingerprint density at radius 2 is 2.09 bits per heavy atom. The van der Waals surface area contributed by atoms with Gasteiger partial charge >= 0.3 is 6.03 Å². The van der Waals surface area contributed by atoms with Crippen LogP contribution >= 0.6 is 0 Å². The van der Waals surface area contributed by atoms with Crippen molar-refractivity contribution >= 4 is 23.3 Å². The number of primary amides is 1. The van der Waals surface area contributed by atoms with Crippen molar-refractivity contribution in [3.05, 3.63) is 23.7 Å². The van der Waals surface area contributed by atoms with Crippen molar-refractivity contribution in [1.29, 1.82) is 0 Å². The lowest BCUT2D eigenvalue weighted by Crippen LogP contribution is -2.36. The van der Waals surface area contributed by atoms with Gasteiger partial charge in [-0.1, -0.05) is 0 Å². The molecule has 1 aliphatic heterocycles. The lowest BCUT2D eigenvalue weighted by atomic mass is 10.3. The highest BCUT2D eigenvalue weighted by Gasteiger charge is 2.32. The van der Waals surface area contributed by atoms with E-state index in [9.17, 15) is 9.59 Å². The number of aromatic nitrogens is 3. The maximum absolute atomic E-state index is 12.4. The van der Waals surface area contributed by atoms with Gasteiger partial charge < -0.3 is 10.6 Å². The Bertz CT molecular complexity index is 766. The first kappa shape index (κ1) is 14.3. The summed E-state index contributed by atoms with van der Waals surface area (Å²) >= 11 is 0. The van der Waals surface area contributed by atoms with Crippen LogP contribution in [0.3, 0.4) is 0 Å².